The highest BCUT2D eigenvalue weighted by Gasteiger charge is 2.99. The Balaban J connectivity index is 7.22. The summed E-state index contributed by atoms with van der Waals surface area (Å²) in [6.45, 7) is 2.33. The lowest BCUT2D eigenvalue weighted by Gasteiger charge is -2.45. The van der Waals surface area contributed by atoms with Gasteiger partial charge in [-0.05, 0) is 6.42 Å². The Bertz CT molecular complexity index is 1100. The van der Waals surface area contributed by atoms with Crippen LogP contribution in [0.2, 0.25) is 0 Å². The predicted octanol–water partition coefficient (Wildman–Crippen LogP) is 8.96. The van der Waals surface area contributed by atoms with Gasteiger partial charge in [-0.2, -0.15) is 110 Å². The van der Waals surface area contributed by atoms with Crippen LogP contribution in [0, 0.1) is 0 Å². The number of alkyl halides is 25. The van der Waals surface area contributed by atoms with E-state index in [9.17, 15) is 115 Å². The van der Waals surface area contributed by atoms with E-state index in [-0.39, 0.29) is 0 Å². The second-order valence-corrected chi connectivity index (χ2v) is 8.35. The summed E-state index contributed by atoms with van der Waals surface area (Å²) in [4.78, 5) is 10.4. The van der Waals surface area contributed by atoms with Gasteiger partial charge in [0.1, 0.15) is 0 Å². The van der Waals surface area contributed by atoms with Crippen LogP contribution < -0.4 is 0 Å². The Hall–Kier alpha value is -2.54. The van der Waals surface area contributed by atoms with Crippen LogP contribution in [-0.4, -0.2) is 82.4 Å². The molecule has 0 saturated carbocycles. The normalized spacial score (nSPS) is 16.3. The van der Waals surface area contributed by atoms with Crippen molar-refractivity contribution in [3.8, 4) is 0 Å². The Morgan fingerprint density at radius 3 is 0.818 bits per heavy atom. The van der Waals surface area contributed by atoms with Crippen LogP contribution in [0.15, 0.2) is 12.2 Å². The lowest BCUT2D eigenvalue weighted by Crippen LogP contribution is -2.78. The molecule has 0 rings (SSSR count). The molecule has 0 aliphatic heterocycles. The summed E-state index contributed by atoms with van der Waals surface area (Å²) in [6, 6.07) is 0. The number of carbonyl (C=O) groups is 1. The van der Waals surface area contributed by atoms with Crippen LogP contribution in [0.4, 0.5) is 110 Å². The summed E-state index contributed by atoms with van der Waals surface area (Å²) in [7, 11) is 0. The average molecular weight is 718 g/mol. The van der Waals surface area contributed by atoms with Crippen molar-refractivity contribution in [3.63, 3.8) is 0 Å². The fourth-order valence-electron chi connectivity index (χ4n) is 2.56. The number of rotatable bonds is 14. The van der Waals surface area contributed by atoms with Gasteiger partial charge in [0.25, 0.3) is 0 Å². The molecule has 44 heavy (non-hydrogen) atoms. The van der Waals surface area contributed by atoms with Gasteiger partial charge < -0.3 is 5.11 Å². The summed E-state index contributed by atoms with van der Waals surface area (Å²) in [6.07, 6.45) is -13.5. The largest absolute Gasteiger partial charge is 0.478 e. The van der Waals surface area contributed by atoms with Crippen molar-refractivity contribution in [1.29, 1.82) is 0 Å². The van der Waals surface area contributed by atoms with E-state index in [4.69, 9.17) is 5.11 Å². The number of carboxylic acids is 1. The third kappa shape index (κ3) is 5.15. The zero-order chi connectivity index (χ0) is 36.6. The van der Waals surface area contributed by atoms with Gasteiger partial charge in [-0.15, -0.1) is 0 Å². The van der Waals surface area contributed by atoms with E-state index in [0.29, 0.717) is 0 Å². The van der Waals surface area contributed by atoms with Crippen LogP contribution in [0.25, 0.3) is 0 Å². The zero-order valence-electron chi connectivity index (χ0n) is 19.4. The van der Waals surface area contributed by atoms with Gasteiger partial charge in [-0.1, -0.05) is 6.58 Å². The quantitative estimate of drug-likeness (QED) is 0.144. The summed E-state index contributed by atoms with van der Waals surface area (Å²) in [5, 5.41) is 8.29. The molecule has 0 aromatic rings. The van der Waals surface area contributed by atoms with Crippen LogP contribution in [0.5, 0.6) is 0 Å². The molecule has 0 amide bonds. The lowest BCUT2D eigenvalue weighted by molar-refractivity contribution is -0.482. The Labute approximate surface area is 223 Å². The molecule has 262 valence electrons. The number of halogens is 25. The minimum Gasteiger partial charge on any atom is -0.478 e. The van der Waals surface area contributed by atoms with Crippen LogP contribution in [-0.2, 0) is 4.79 Å². The average Bonchev–Trinajstić information content (AvgIpc) is 2.80. The topological polar surface area (TPSA) is 37.3 Å². The molecule has 0 radical (unpaired) electrons. The molecule has 0 spiro atoms. The molecule has 0 unspecified atom stereocenters. The smallest absolute Gasteiger partial charge is 0.460 e. The van der Waals surface area contributed by atoms with E-state index >= 15 is 0 Å². The first-order valence-electron chi connectivity index (χ1n) is 9.71. The van der Waals surface area contributed by atoms with Crippen LogP contribution in [0.1, 0.15) is 12.8 Å². The van der Waals surface area contributed by atoms with Crippen molar-refractivity contribution in [2.45, 2.75) is 84.2 Å². The maximum Gasteiger partial charge on any atom is 0.460 e. The van der Waals surface area contributed by atoms with Crippen molar-refractivity contribution in [2.24, 2.45) is 0 Å². The maximum absolute atomic E-state index is 13.7. The van der Waals surface area contributed by atoms with Crippen molar-refractivity contribution < 1.29 is 120 Å². The minimum absolute atomic E-state index is 1.65. The molecule has 0 fully saturated rings. The molecular formula is C17H7F25O2. The van der Waals surface area contributed by atoms with Gasteiger partial charge in [-0.25, -0.2) is 4.79 Å². The molecule has 0 aromatic carbocycles. The first-order chi connectivity index (χ1) is 18.6. The standard InChI is InChI=1S/C17H7F25O2/c1-4(5(43)44)2-3-6(18,19)7(20,21)8(22,23)9(24,25)10(26,27)11(28,29)12(30,31)13(32,33)14(34,35)15(36,37)16(38,39)17(40,41)42/h1-3H2,(H,43,44). The van der Waals surface area contributed by atoms with E-state index in [2.05, 4.69) is 6.58 Å². The summed E-state index contributed by atoms with van der Waals surface area (Å²) < 4.78 is 333. The van der Waals surface area contributed by atoms with E-state index in [0.717, 1.165) is 0 Å². The maximum atomic E-state index is 13.7. The van der Waals surface area contributed by atoms with Crippen molar-refractivity contribution in [3.05, 3.63) is 12.2 Å². The molecule has 0 bridgehead atoms. The summed E-state index contributed by atoms with van der Waals surface area (Å²) in [5.41, 5.74) is -1.65. The highest BCUT2D eigenvalue weighted by atomic mass is 19.4. The molecular weight excluding hydrogens is 711 g/mol. The van der Waals surface area contributed by atoms with Gasteiger partial charge in [0.05, 0.1) is 0 Å². The molecule has 1 N–H and O–H groups in total. The fraction of sp³-hybridized carbons (Fsp3) is 0.824. The molecule has 0 aliphatic carbocycles. The molecule has 0 aromatic heterocycles. The molecule has 0 aliphatic rings. The van der Waals surface area contributed by atoms with E-state index < -0.39 is 95.7 Å². The summed E-state index contributed by atoms with van der Waals surface area (Å²) >= 11 is 0. The summed E-state index contributed by atoms with van der Waals surface area (Å²) in [5.74, 6) is -101. The Morgan fingerprint density at radius 1 is 0.409 bits per heavy atom. The molecule has 27 heteroatoms. The molecule has 2 nitrogen and oxygen atoms in total. The van der Waals surface area contributed by atoms with E-state index in [1.54, 1.807) is 0 Å². The fourth-order valence-corrected chi connectivity index (χ4v) is 2.56. The Kier molecular flexibility index (Phi) is 9.89. The minimum atomic E-state index is -9.64. The van der Waals surface area contributed by atoms with Gasteiger partial charge >= 0.3 is 77.3 Å². The first kappa shape index (κ1) is 41.5. The molecule has 0 atom stereocenters. The SMILES string of the molecule is C=C(CCC(F)(F)C(F)(F)C(F)(F)C(F)(F)C(F)(F)C(F)(F)C(F)(F)C(F)(F)C(F)(F)C(F)(F)C(F)(F)C(F)(F)F)C(=O)O. The molecule has 0 heterocycles. The highest BCUT2D eigenvalue weighted by molar-refractivity contribution is 5.85. The van der Waals surface area contributed by atoms with Crippen LogP contribution >= 0.6 is 0 Å². The highest BCUT2D eigenvalue weighted by Crippen LogP contribution is 2.67. The number of aliphatic carboxylic acids is 1. The Morgan fingerprint density at radius 2 is 0.614 bits per heavy atom. The number of carboxylic acid groups (broad SMARTS) is 1. The van der Waals surface area contributed by atoms with Crippen LogP contribution in [0.3, 0.4) is 0 Å². The number of hydrogen-bond acceptors (Lipinski definition) is 1. The predicted molar refractivity (Wildman–Crippen MR) is 86.5 cm³/mol. The van der Waals surface area contributed by atoms with Gasteiger partial charge in [0.15, 0.2) is 0 Å². The second-order valence-electron chi connectivity index (χ2n) is 8.35. The number of hydrogen-bond donors (Lipinski definition) is 1. The monoisotopic (exact) mass is 718 g/mol. The van der Waals surface area contributed by atoms with Crippen molar-refractivity contribution in [1.82, 2.24) is 0 Å². The zero-order valence-corrected chi connectivity index (χ0v) is 19.4. The van der Waals surface area contributed by atoms with E-state index in [1.165, 1.54) is 0 Å². The first-order valence-corrected chi connectivity index (χ1v) is 9.71. The van der Waals surface area contributed by atoms with Gasteiger partial charge in [-0.3, -0.25) is 0 Å². The van der Waals surface area contributed by atoms with Crippen molar-refractivity contribution in [2.75, 3.05) is 0 Å². The van der Waals surface area contributed by atoms with Crippen molar-refractivity contribution >= 4 is 5.97 Å². The molecule has 0 saturated heterocycles. The second kappa shape index (κ2) is 10.5. The van der Waals surface area contributed by atoms with E-state index in [1.807, 2.05) is 0 Å². The lowest BCUT2D eigenvalue weighted by atomic mass is 9.84. The third-order valence-corrected chi connectivity index (χ3v) is 5.41. The third-order valence-electron chi connectivity index (χ3n) is 5.41. The van der Waals surface area contributed by atoms with Gasteiger partial charge in [0.2, 0.25) is 0 Å². The van der Waals surface area contributed by atoms with Gasteiger partial charge in [0, 0.05) is 12.0 Å².